The highest BCUT2D eigenvalue weighted by atomic mass is 16.3. The largest absolute Gasteiger partial charge is 0.467 e. The molecule has 2 amide bonds. The van der Waals surface area contributed by atoms with Crippen molar-refractivity contribution in [1.82, 2.24) is 5.32 Å². The molecule has 126 valence electrons. The first kappa shape index (κ1) is 16.3. The Labute approximate surface area is 140 Å². The molecule has 0 bridgehead atoms. The minimum Gasteiger partial charge on any atom is -0.467 e. The van der Waals surface area contributed by atoms with Crippen molar-refractivity contribution in [3.63, 3.8) is 0 Å². The number of furan rings is 1. The standard InChI is InChI=1S/C18H20N2O4/c21-12-14(16-6-3-11-24-16)19-17(22)9-10-20-15-5-2-1-4-13(15)7-8-18(20)23/h1-6,11,14,21H,7-10,12H2,(H,19,22). The van der Waals surface area contributed by atoms with Crippen molar-refractivity contribution >= 4 is 17.5 Å². The zero-order valence-electron chi connectivity index (χ0n) is 13.3. The van der Waals surface area contributed by atoms with Gasteiger partial charge in [-0.1, -0.05) is 18.2 Å². The quantitative estimate of drug-likeness (QED) is 0.847. The summed E-state index contributed by atoms with van der Waals surface area (Å²) in [7, 11) is 0. The predicted molar refractivity (Wildman–Crippen MR) is 88.4 cm³/mol. The smallest absolute Gasteiger partial charge is 0.227 e. The van der Waals surface area contributed by atoms with Gasteiger partial charge in [0.15, 0.2) is 0 Å². The van der Waals surface area contributed by atoms with Gasteiger partial charge in [0.2, 0.25) is 11.8 Å². The summed E-state index contributed by atoms with van der Waals surface area (Å²) in [5.74, 6) is 0.304. The van der Waals surface area contributed by atoms with Gasteiger partial charge in [-0.15, -0.1) is 0 Å². The van der Waals surface area contributed by atoms with Crippen molar-refractivity contribution in [2.45, 2.75) is 25.3 Å². The molecule has 1 unspecified atom stereocenters. The van der Waals surface area contributed by atoms with E-state index >= 15 is 0 Å². The lowest BCUT2D eigenvalue weighted by molar-refractivity contribution is -0.122. The summed E-state index contributed by atoms with van der Waals surface area (Å²) in [5.41, 5.74) is 2.01. The molecule has 1 aliphatic rings. The monoisotopic (exact) mass is 328 g/mol. The maximum Gasteiger partial charge on any atom is 0.227 e. The number of carbonyl (C=O) groups is 2. The zero-order valence-corrected chi connectivity index (χ0v) is 13.3. The molecule has 6 nitrogen and oxygen atoms in total. The first-order chi connectivity index (χ1) is 11.7. The van der Waals surface area contributed by atoms with Crippen LogP contribution in [0.3, 0.4) is 0 Å². The molecule has 0 fully saturated rings. The zero-order chi connectivity index (χ0) is 16.9. The predicted octanol–water partition coefficient (Wildman–Crippen LogP) is 1.80. The van der Waals surface area contributed by atoms with Crippen molar-refractivity contribution in [1.29, 1.82) is 0 Å². The van der Waals surface area contributed by atoms with Gasteiger partial charge >= 0.3 is 0 Å². The minimum absolute atomic E-state index is 0.0336. The number of aliphatic hydroxyl groups excluding tert-OH is 1. The summed E-state index contributed by atoms with van der Waals surface area (Å²) in [5, 5.41) is 12.1. The molecule has 2 aromatic rings. The van der Waals surface area contributed by atoms with Crippen LogP contribution in [0.1, 0.15) is 30.2 Å². The number of hydrogen-bond acceptors (Lipinski definition) is 4. The summed E-state index contributed by atoms with van der Waals surface area (Å²) in [6.45, 7) is 0.0721. The Hall–Kier alpha value is -2.60. The van der Waals surface area contributed by atoms with Gasteiger partial charge < -0.3 is 19.7 Å². The number of carbonyl (C=O) groups excluding carboxylic acids is 2. The van der Waals surface area contributed by atoms with E-state index in [2.05, 4.69) is 5.32 Å². The van der Waals surface area contributed by atoms with Gasteiger partial charge in [0.25, 0.3) is 0 Å². The molecule has 2 N–H and O–H groups in total. The molecule has 0 saturated carbocycles. The Kier molecular flexibility index (Phi) is 4.96. The molecule has 1 atom stereocenters. The van der Waals surface area contributed by atoms with E-state index in [1.165, 1.54) is 6.26 Å². The van der Waals surface area contributed by atoms with Crippen molar-refractivity contribution in [2.24, 2.45) is 0 Å². The van der Waals surface area contributed by atoms with Crippen LogP contribution in [0.5, 0.6) is 0 Å². The van der Waals surface area contributed by atoms with E-state index in [4.69, 9.17) is 4.42 Å². The minimum atomic E-state index is -0.572. The van der Waals surface area contributed by atoms with E-state index in [1.807, 2.05) is 24.3 Å². The Bertz CT molecular complexity index is 712. The van der Waals surface area contributed by atoms with Gasteiger partial charge in [0, 0.05) is 25.1 Å². The number of aliphatic hydroxyl groups is 1. The third-order valence-electron chi connectivity index (χ3n) is 4.16. The molecule has 24 heavy (non-hydrogen) atoms. The fourth-order valence-electron chi connectivity index (χ4n) is 2.92. The lowest BCUT2D eigenvalue weighted by atomic mass is 10.0. The number of benzene rings is 1. The molecule has 0 spiro atoms. The topological polar surface area (TPSA) is 82.8 Å². The summed E-state index contributed by atoms with van der Waals surface area (Å²) in [6, 6.07) is 10.6. The van der Waals surface area contributed by atoms with Crippen molar-refractivity contribution in [3.8, 4) is 0 Å². The molecule has 2 heterocycles. The van der Waals surface area contributed by atoms with Crippen LogP contribution in [0.2, 0.25) is 0 Å². The molecule has 1 aromatic heterocycles. The number of fused-ring (bicyclic) bond motifs is 1. The third kappa shape index (κ3) is 3.49. The van der Waals surface area contributed by atoms with E-state index in [1.54, 1.807) is 17.0 Å². The van der Waals surface area contributed by atoms with Gasteiger partial charge in [-0.3, -0.25) is 9.59 Å². The maximum atomic E-state index is 12.2. The first-order valence-electron chi connectivity index (χ1n) is 8.01. The lowest BCUT2D eigenvalue weighted by Crippen LogP contribution is -2.39. The first-order valence-corrected chi connectivity index (χ1v) is 8.01. The summed E-state index contributed by atoms with van der Waals surface area (Å²) < 4.78 is 5.21. The number of aryl methyl sites for hydroxylation is 1. The Morgan fingerprint density at radius 2 is 2.08 bits per heavy atom. The van der Waals surface area contributed by atoms with E-state index in [-0.39, 0.29) is 24.8 Å². The van der Waals surface area contributed by atoms with Crippen LogP contribution in [0.4, 0.5) is 5.69 Å². The van der Waals surface area contributed by atoms with Crippen molar-refractivity contribution in [3.05, 3.63) is 54.0 Å². The highest BCUT2D eigenvalue weighted by Gasteiger charge is 2.24. The van der Waals surface area contributed by atoms with Crippen LogP contribution in [-0.2, 0) is 16.0 Å². The number of nitrogens with one attached hydrogen (secondary N) is 1. The van der Waals surface area contributed by atoms with Crippen molar-refractivity contribution < 1.29 is 19.1 Å². The highest BCUT2D eigenvalue weighted by molar-refractivity contribution is 5.97. The van der Waals surface area contributed by atoms with Gasteiger partial charge in [-0.05, 0) is 30.2 Å². The fourth-order valence-corrected chi connectivity index (χ4v) is 2.92. The number of rotatable bonds is 6. The van der Waals surface area contributed by atoms with Crippen LogP contribution in [-0.4, -0.2) is 30.1 Å². The molecular formula is C18H20N2O4. The summed E-state index contributed by atoms with van der Waals surface area (Å²) in [6.07, 6.45) is 2.86. The number of nitrogens with zero attached hydrogens (tertiary/aromatic N) is 1. The van der Waals surface area contributed by atoms with Gasteiger partial charge in [0.05, 0.1) is 12.9 Å². The van der Waals surface area contributed by atoms with Crippen LogP contribution >= 0.6 is 0 Å². The van der Waals surface area contributed by atoms with E-state index < -0.39 is 6.04 Å². The Morgan fingerprint density at radius 3 is 2.83 bits per heavy atom. The number of hydrogen-bond donors (Lipinski definition) is 2. The molecule has 1 aromatic carbocycles. The average molecular weight is 328 g/mol. The van der Waals surface area contributed by atoms with Crippen LogP contribution in [0.25, 0.3) is 0 Å². The fraction of sp³-hybridized carbons (Fsp3) is 0.333. The lowest BCUT2D eigenvalue weighted by Gasteiger charge is -2.29. The third-order valence-corrected chi connectivity index (χ3v) is 4.16. The molecule has 0 aliphatic carbocycles. The number of anilines is 1. The molecular weight excluding hydrogens is 308 g/mol. The summed E-state index contributed by atoms with van der Waals surface area (Å²) >= 11 is 0. The van der Waals surface area contributed by atoms with Crippen LogP contribution < -0.4 is 10.2 Å². The van der Waals surface area contributed by atoms with Gasteiger partial charge in [-0.25, -0.2) is 0 Å². The molecule has 6 heteroatoms. The van der Waals surface area contributed by atoms with Crippen molar-refractivity contribution in [2.75, 3.05) is 18.1 Å². The molecule has 3 rings (SSSR count). The Balaban J connectivity index is 1.61. The second-order valence-electron chi connectivity index (χ2n) is 5.74. The molecule has 0 saturated heterocycles. The van der Waals surface area contributed by atoms with Crippen LogP contribution in [0.15, 0.2) is 47.1 Å². The average Bonchev–Trinajstić information content (AvgIpc) is 3.13. The highest BCUT2D eigenvalue weighted by Crippen LogP contribution is 2.27. The maximum absolute atomic E-state index is 12.2. The van der Waals surface area contributed by atoms with E-state index in [9.17, 15) is 14.7 Å². The van der Waals surface area contributed by atoms with Crippen LogP contribution in [0, 0.1) is 0 Å². The SMILES string of the molecule is O=C(CCN1C(=O)CCc2ccccc21)NC(CO)c1ccco1. The molecule has 0 radical (unpaired) electrons. The van der Waals surface area contributed by atoms with E-state index in [0.717, 1.165) is 17.7 Å². The Morgan fingerprint density at radius 1 is 1.25 bits per heavy atom. The molecule has 1 aliphatic heterocycles. The summed E-state index contributed by atoms with van der Waals surface area (Å²) in [4.78, 5) is 26.0. The number of para-hydroxylation sites is 1. The second-order valence-corrected chi connectivity index (χ2v) is 5.74. The number of amides is 2. The normalized spacial score (nSPS) is 15.0. The van der Waals surface area contributed by atoms with E-state index in [0.29, 0.717) is 18.7 Å². The van der Waals surface area contributed by atoms with Gasteiger partial charge in [0.1, 0.15) is 11.8 Å². The second kappa shape index (κ2) is 7.31. The van der Waals surface area contributed by atoms with Gasteiger partial charge in [-0.2, -0.15) is 0 Å².